The maximum Gasteiger partial charge on any atom is 0.339 e. The molecular weight excluding hydrogens is 358 g/mol. The van der Waals surface area contributed by atoms with E-state index in [1.807, 2.05) is 20.8 Å². The number of esters is 1. The highest BCUT2D eigenvalue weighted by Crippen LogP contribution is 2.36. The van der Waals surface area contributed by atoms with Crippen molar-refractivity contribution in [2.45, 2.75) is 32.4 Å². The van der Waals surface area contributed by atoms with Gasteiger partial charge >= 0.3 is 5.97 Å². The molecule has 0 aliphatic carbocycles. The van der Waals surface area contributed by atoms with Crippen LogP contribution >= 0.6 is 0 Å². The van der Waals surface area contributed by atoms with Gasteiger partial charge in [-0.2, -0.15) is 0 Å². The number of ether oxygens (including phenoxy) is 1. The van der Waals surface area contributed by atoms with E-state index in [9.17, 15) is 14.4 Å². The zero-order chi connectivity index (χ0) is 20.1. The Labute approximate surface area is 163 Å². The Hall–Kier alpha value is -3.09. The largest absolute Gasteiger partial charge is 0.451 e. The maximum absolute atomic E-state index is 13.0. The summed E-state index contributed by atoms with van der Waals surface area (Å²) in [7, 11) is 0. The fraction of sp³-hybridized carbons (Fsp3) is 0.381. The molecule has 1 aromatic carbocycles. The molecule has 3 heterocycles. The van der Waals surface area contributed by atoms with E-state index in [4.69, 9.17) is 4.74 Å². The second-order valence-corrected chi connectivity index (χ2v) is 7.84. The number of carbonyl (C=O) groups is 3. The number of rotatable bonds is 2. The molecule has 2 aliphatic heterocycles. The third kappa shape index (κ3) is 2.96. The third-order valence-corrected chi connectivity index (χ3v) is 5.49. The Morgan fingerprint density at radius 2 is 1.96 bits per heavy atom. The SMILES string of the molecule is C[C@@H]1CN(C(=O)c2ccc[nH]2)CCN1C(=O)c1ccc2c(c1)C(=O)OC2(C)C. The first-order chi connectivity index (χ1) is 13.3. The average molecular weight is 381 g/mol. The van der Waals surface area contributed by atoms with Crippen LogP contribution < -0.4 is 0 Å². The lowest BCUT2D eigenvalue weighted by atomic mass is 9.94. The quantitative estimate of drug-likeness (QED) is 0.810. The number of cyclic esters (lactones) is 1. The van der Waals surface area contributed by atoms with Gasteiger partial charge in [-0.1, -0.05) is 6.07 Å². The van der Waals surface area contributed by atoms with E-state index in [1.165, 1.54) is 0 Å². The van der Waals surface area contributed by atoms with Crippen molar-refractivity contribution < 1.29 is 19.1 Å². The number of carbonyl (C=O) groups excluding carboxylic acids is 3. The van der Waals surface area contributed by atoms with Crippen LogP contribution in [0.25, 0.3) is 0 Å². The predicted molar refractivity (Wildman–Crippen MR) is 102 cm³/mol. The molecule has 2 amide bonds. The number of H-pyrrole nitrogens is 1. The highest BCUT2D eigenvalue weighted by atomic mass is 16.6. The van der Waals surface area contributed by atoms with Gasteiger partial charge in [0.05, 0.1) is 5.56 Å². The Bertz CT molecular complexity index is 949. The van der Waals surface area contributed by atoms with Gasteiger partial charge in [-0.25, -0.2) is 4.79 Å². The number of hydrogen-bond donors (Lipinski definition) is 1. The van der Waals surface area contributed by atoms with Gasteiger partial charge in [0.2, 0.25) is 0 Å². The summed E-state index contributed by atoms with van der Waals surface area (Å²) >= 11 is 0. The van der Waals surface area contributed by atoms with Gasteiger partial charge in [-0.05, 0) is 45.0 Å². The lowest BCUT2D eigenvalue weighted by molar-refractivity contribution is 0.00952. The molecule has 4 rings (SSSR count). The molecule has 0 unspecified atom stereocenters. The van der Waals surface area contributed by atoms with Crippen molar-refractivity contribution >= 4 is 17.8 Å². The second-order valence-electron chi connectivity index (χ2n) is 7.84. The topological polar surface area (TPSA) is 82.7 Å². The first-order valence-corrected chi connectivity index (χ1v) is 9.39. The van der Waals surface area contributed by atoms with Crippen molar-refractivity contribution in [3.63, 3.8) is 0 Å². The van der Waals surface area contributed by atoms with Gasteiger partial charge in [-0.3, -0.25) is 9.59 Å². The smallest absolute Gasteiger partial charge is 0.339 e. The van der Waals surface area contributed by atoms with E-state index in [0.717, 1.165) is 5.56 Å². The molecule has 2 aromatic rings. The monoisotopic (exact) mass is 381 g/mol. The van der Waals surface area contributed by atoms with Gasteiger partial charge in [0, 0.05) is 43.0 Å². The average Bonchev–Trinajstić information content (AvgIpc) is 3.27. The van der Waals surface area contributed by atoms with E-state index >= 15 is 0 Å². The van der Waals surface area contributed by atoms with Gasteiger partial charge in [0.1, 0.15) is 11.3 Å². The number of fused-ring (bicyclic) bond motifs is 1. The lowest BCUT2D eigenvalue weighted by Gasteiger charge is -2.39. The molecule has 0 radical (unpaired) electrons. The fourth-order valence-electron chi connectivity index (χ4n) is 3.96. The number of aromatic amines is 1. The van der Waals surface area contributed by atoms with E-state index in [1.54, 1.807) is 46.3 Å². The van der Waals surface area contributed by atoms with Crippen molar-refractivity contribution in [2.24, 2.45) is 0 Å². The van der Waals surface area contributed by atoms with Crippen LogP contribution in [0.1, 0.15) is 57.5 Å². The van der Waals surface area contributed by atoms with Crippen LogP contribution in [0.5, 0.6) is 0 Å². The van der Waals surface area contributed by atoms with Crippen molar-refractivity contribution in [1.29, 1.82) is 0 Å². The van der Waals surface area contributed by atoms with Crippen molar-refractivity contribution in [3.8, 4) is 0 Å². The van der Waals surface area contributed by atoms with Crippen LogP contribution in [0.2, 0.25) is 0 Å². The Morgan fingerprint density at radius 3 is 2.64 bits per heavy atom. The Kier molecular flexibility index (Phi) is 4.25. The van der Waals surface area contributed by atoms with Crippen LogP contribution in [0, 0.1) is 0 Å². The summed E-state index contributed by atoms with van der Waals surface area (Å²) in [6.07, 6.45) is 1.72. The molecule has 1 N–H and O–H groups in total. The van der Waals surface area contributed by atoms with E-state index in [-0.39, 0.29) is 17.9 Å². The molecule has 146 valence electrons. The van der Waals surface area contributed by atoms with Gasteiger partial charge in [0.25, 0.3) is 11.8 Å². The number of amides is 2. The van der Waals surface area contributed by atoms with Gasteiger partial charge < -0.3 is 19.5 Å². The molecule has 2 aliphatic rings. The highest BCUT2D eigenvalue weighted by Gasteiger charge is 2.38. The number of hydrogen-bond acceptors (Lipinski definition) is 4. The first kappa shape index (κ1) is 18.3. The van der Waals surface area contributed by atoms with E-state index in [0.29, 0.717) is 36.5 Å². The summed E-state index contributed by atoms with van der Waals surface area (Å²) in [6, 6.07) is 8.57. The van der Waals surface area contributed by atoms with Gasteiger partial charge in [0.15, 0.2) is 0 Å². The lowest BCUT2D eigenvalue weighted by Crippen LogP contribution is -2.55. The number of piperazine rings is 1. The summed E-state index contributed by atoms with van der Waals surface area (Å²) in [5, 5.41) is 0. The highest BCUT2D eigenvalue weighted by molar-refractivity contribution is 6.00. The molecule has 1 saturated heterocycles. The molecule has 1 atom stereocenters. The summed E-state index contributed by atoms with van der Waals surface area (Å²) in [6.45, 7) is 6.97. The fourth-order valence-corrected chi connectivity index (χ4v) is 3.96. The summed E-state index contributed by atoms with van der Waals surface area (Å²) < 4.78 is 5.39. The van der Waals surface area contributed by atoms with Crippen LogP contribution in [-0.4, -0.2) is 58.2 Å². The van der Waals surface area contributed by atoms with E-state index < -0.39 is 11.6 Å². The zero-order valence-corrected chi connectivity index (χ0v) is 16.2. The molecule has 0 bridgehead atoms. The molecule has 0 spiro atoms. The molecule has 7 nitrogen and oxygen atoms in total. The van der Waals surface area contributed by atoms with Crippen LogP contribution in [0.3, 0.4) is 0 Å². The Morgan fingerprint density at radius 1 is 1.18 bits per heavy atom. The summed E-state index contributed by atoms with van der Waals surface area (Å²) in [5.74, 6) is -0.602. The normalized spacial score (nSPS) is 20.7. The standard InChI is InChI=1S/C21H23N3O4/c1-13-12-23(19(26)17-5-4-8-22-17)9-10-24(13)18(25)14-6-7-16-15(11-14)20(27)28-21(16,2)3/h4-8,11,13,22H,9-10,12H2,1-3H3/t13-/m1/s1. The maximum atomic E-state index is 13.0. The number of aromatic nitrogens is 1. The Balaban J connectivity index is 1.50. The van der Waals surface area contributed by atoms with Gasteiger partial charge in [-0.15, -0.1) is 0 Å². The number of nitrogens with one attached hydrogen (secondary N) is 1. The molecule has 1 aromatic heterocycles. The zero-order valence-electron chi connectivity index (χ0n) is 16.2. The summed E-state index contributed by atoms with van der Waals surface area (Å²) in [4.78, 5) is 44.1. The van der Waals surface area contributed by atoms with Crippen molar-refractivity contribution in [2.75, 3.05) is 19.6 Å². The second kappa shape index (κ2) is 6.51. The molecular formula is C21H23N3O4. The molecule has 28 heavy (non-hydrogen) atoms. The molecule has 0 saturated carbocycles. The molecule has 7 heteroatoms. The van der Waals surface area contributed by atoms with Crippen LogP contribution in [0.15, 0.2) is 36.5 Å². The van der Waals surface area contributed by atoms with Crippen molar-refractivity contribution in [1.82, 2.24) is 14.8 Å². The number of nitrogens with zero attached hydrogens (tertiary/aromatic N) is 2. The van der Waals surface area contributed by atoms with E-state index in [2.05, 4.69) is 4.98 Å². The minimum absolute atomic E-state index is 0.0635. The molecule has 1 fully saturated rings. The summed E-state index contributed by atoms with van der Waals surface area (Å²) in [5.41, 5.74) is 1.58. The van der Waals surface area contributed by atoms with Crippen LogP contribution in [0.4, 0.5) is 0 Å². The minimum atomic E-state index is -0.676. The number of benzene rings is 1. The van der Waals surface area contributed by atoms with Crippen LogP contribution in [-0.2, 0) is 10.3 Å². The minimum Gasteiger partial charge on any atom is -0.451 e. The van der Waals surface area contributed by atoms with Crippen molar-refractivity contribution in [3.05, 3.63) is 58.9 Å². The third-order valence-electron chi connectivity index (χ3n) is 5.49. The predicted octanol–water partition coefficient (Wildman–Crippen LogP) is 2.41. The first-order valence-electron chi connectivity index (χ1n) is 9.39.